The third-order valence-corrected chi connectivity index (χ3v) is 8.94. The standard InChI is InChI=1S/C23H29N3O4S/c24-22(28)16(27)9-12-1-6-19-20(12)21-17(7-8-25-23(21)31-19)30-14-4-2-13(3-5-14)26-10-18-15(26)11-29-18/h7-8,12-16,18,27H,1-6,9-11H2,(H2,24,28)/t12-,13?,14?,15?,16+,18?/m1/s1. The highest BCUT2D eigenvalue weighted by atomic mass is 32.1. The van der Waals surface area contributed by atoms with E-state index in [1.165, 1.54) is 23.3 Å². The summed E-state index contributed by atoms with van der Waals surface area (Å²) in [6.07, 6.45) is 8.21. The molecule has 0 aromatic carbocycles. The summed E-state index contributed by atoms with van der Waals surface area (Å²) in [6.45, 7) is 2.01. The summed E-state index contributed by atoms with van der Waals surface area (Å²) < 4.78 is 12.1. The Morgan fingerprint density at radius 1 is 1.35 bits per heavy atom. The number of aliphatic hydroxyl groups is 1. The van der Waals surface area contributed by atoms with E-state index in [1.807, 2.05) is 12.3 Å². The molecule has 2 aromatic heterocycles. The van der Waals surface area contributed by atoms with Crippen LogP contribution in [0, 0.1) is 0 Å². The predicted octanol–water partition coefficient (Wildman–Crippen LogP) is 2.34. The van der Waals surface area contributed by atoms with Gasteiger partial charge in [-0.2, -0.15) is 0 Å². The Morgan fingerprint density at radius 3 is 2.87 bits per heavy atom. The van der Waals surface area contributed by atoms with Crippen molar-refractivity contribution in [2.24, 2.45) is 5.73 Å². The Labute approximate surface area is 185 Å². The summed E-state index contributed by atoms with van der Waals surface area (Å²) in [5.74, 6) is 0.377. The SMILES string of the molecule is NC(=O)[C@@H](O)C[C@H]1CCc2sc3nccc(OC4CCC(N5CC6OCC65)CC4)c3c21. The number of rotatable bonds is 6. The van der Waals surface area contributed by atoms with Crippen molar-refractivity contribution in [3.63, 3.8) is 0 Å². The number of hydrogen-bond donors (Lipinski definition) is 2. The molecule has 2 saturated heterocycles. The molecule has 2 aliphatic carbocycles. The number of nitrogens with zero attached hydrogens (tertiary/aromatic N) is 2. The monoisotopic (exact) mass is 443 g/mol. The Morgan fingerprint density at radius 2 is 2.19 bits per heavy atom. The van der Waals surface area contributed by atoms with Crippen LogP contribution in [-0.2, 0) is 16.0 Å². The molecule has 4 heterocycles. The van der Waals surface area contributed by atoms with Crippen LogP contribution < -0.4 is 10.5 Å². The molecule has 4 aliphatic rings. The lowest BCUT2D eigenvalue weighted by atomic mass is 9.85. The number of nitrogens with two attached hydrogens (primary N) is 1. The minimum absolute atomic E-state index is 0.123. The zero-order valence-corrected chi connectivity index (χ0v) is 18.4. The van der Waals surface area contributed by atoms with Gasteiger partial charge in [0.25, 0.3) is 0 Å². The van der Waals surface area contributed by atoms with Gasteiger partial charge in [-0.25, -0.2) is 4.98 Å². The maximum atomic E-state index is 11.4. The number of aromatic nitrogens is 1. The van der Waals surface area contributed by atoms with E-state index in [0.29, 0.717) is 24.6 Å². The molecule has 31 heavy (non-hydrogen) atoms. The molecule has 2 aliphatic heterocycles. The van der Waals surface area contributed by atoms with Crippen molar-refractivity contribution in [2.45, 2.75) is 81.3 Å². The fourth-order valence-corrected chi connectivity index (χ4v) is 7.21. The molecule has 8 heteroatoms. The third kappa shape index (κ3) is 3.35. The quantitative estimate of drug-likeness (QED) is 0.711. The number of ether oxygens (including phenoxy) is 2. The first-order valence-electron chi connectivity index (χ1n) is 11.5. The van der Waals surface area contributed by atoms with Gasteiger partial charge in [-0.3, -0.25) is 9.69 Å². The Kier molecular flexibility index (Phi) is 4.94. The van der Waals surface area contributed by atoms with Crippen LogP contribution in [0.4, 0.5) is 0 Å². The fourth-order valence-electron chi connectivity index (χ4n) is 5.95. The Hall–Kier alpha value is -1.74. The van der Waals surface area contributed by atoms with Crippen LogP contribution in [-0.4, -0.2) is 64.4 Å². The van der Waals surface area contributed by atoms with Crippen LogP contribution in [0.15, 0.2) is 12.3 Å². The van der Waals surface area contributed by atoms with Crippen LogP contribution >= 0.6 is 11.3 Å². The van der Waals surface area contributed by atoms with E-state index in [4.69, 9.17) is 15.2 Å². The number of aliphatic hydroxyl groups excluding tert-OH is 1. The fraction of sp³-hybridized carbons (Fsp3) is 0.652. The van der Waals surface area contributed by atoms with Crippen LogP contribution in [0.1, 0.15) is 54.9 Å². The molecule has 6 rings (SSSR count). The molecule has 3 fully saturated rings. The number of amides is 1. The first-order chi connectivity index (χ1) is 15.1. The zero-order valence-electron chi connectivity index (χ0n) is 17.5. The molecule has 0 bridgehead atoms. The van der Waals surface area contributed by atoms with Gasteiger partial charge < -0.3 is 20.3 Å². The summed E-state index contributed by atoms with van der Waals surface area (Å²) in [5.41, 5.74) is 6.52. The van der Waals surface area contributed by atoms with Gasteiger partial charge >= 0.3 is 0 Å². The maximum absolute atomic E-state index is 11.4. The lowest BCUT2D eigenvalue weighted by Gasteiger charge is -2.58. The predicted molar refractivity (Wildman–Crippen MR) is 117 cm³/mol. The van der Waals surface area contributed by atoms with Crippen molar-refractivity contribution in [3.8, 4) is 5.75 Å². The van der Waals surface area contributed by atoms with Crippen molar-refractivity contribution < 1.29 is 19.4 Å². The van der Waals surface area contributed by atoms with Gasteiger partial charge in [0.05, 0.1) is 30.2 Å². The Bertz CT molecular complexity index is 1000. The highest BCUT2D eigenvalue weighted by Gasteiger charge is 2.50. The number of primary amides is 1. The summed E-state index contributed by atoms with van der Waals surface area (Å²) >= 11 is 1.72. The first-order valence-corrected chi connectivity index (χ1v) is 12.3. The van der Waals surface area contributed by atoms with Gasteiger partial charge in [-0.1, -0.05) is 0 Å². The van der Waals surface area contributed by atoms with Gasteiger partial charge in [0.1, 0.15) is 16.7 Å². The summed E-state index contributed by atoms with van der Waals surface area (Å²) in [7, 11) is 0. The van der Waals surface area contributed by atoms with E-state index in [1.54, 1.807) is 11.3 Å². The smallest absolute Gasteiger partial charge is 0.246 e. The van der Waals surface area contributed by atoms with Crippen molar-refractivity contribution >= 4 is 27.5 Å². The van der Waals surface area contributed by atoms with E-state index in [9.17, 15) is 9.90 Å². The average Bonchev–Trinajstić information content (AvgIpc) is 3.31. The number of pyridine rings is 1. The normalized spacial score (nSPS) is 33.3. The van der Waals surface area contributed by atoms with Crippen LogP contribution in [0.3, 0.4) is 0 Å². The highest BCUT2D eigenvalue weighted by molar-refractivity contribution is 7.19. The number of carbonyl (C=O) groups excluding carboxylic acids is 1. The number of thiophene rings is 1. The molecule has 2 aromatic rings. The van der Waals surface area contributed by atoms with Crippen LogP contribution in [0.25, 0.3) is 10.2 Å². The van der Waals surface area contributed by atoms with Gasteiger partial charge in [0.15, 0.2) is 0 Å². The third-order valence-electron chi connectivity index (χ3n) is 7.77. The van der Waals surface area contributed by atoms with E-state index in [0.717, 1.165) is 54.8 Å². The minimum Gasteiger partial charge on any atom is -0.490 e. The number of likely N-dealkylation sites (tertiary alicyclic amines) is 1. The molecule has 3 N–H and O–H groups in total. The molecule has 0 spiro atoms. The van der Waals surface area contributed by atoms with Gasteiger partial charge in [0.2, 0.25) is 5.91 Å². The second-order valence-electron chi connectivity index (χ2n) is 9.50. The minimum atomic E-state index is -1.11. The topological polar surface area (TPSA) is 97.9 Å². The molecule has 1 saturated carbocycles. The molecule has 166 valence electrons. The number of hydrogen-bond acceptors (Lipinski definition) is 7. The number of aryl methyl sites for hydroxylation is 1. The largest absolute Gasteiger partial charge is 0.490 e. The molecular formula is C23H29N3O4S. The molecule has 0 radical (unpaired) electrons. The first kappa shape index (κ1) is 19.9. The van der Waals surface area contributed by atoms with Crippen molar-refractivity contribution in [3.05, 3.63) is 22.7 Å². The number of carbonyl (C=O) groups is 1. The summed E-state index contributed by atoms with van der Waals surface area (Å²) in [4.78, 5) is 20.9. The summed E-state index contributed by atoms with van der Waals surface area (Å²) in [5, 5.41) is 11.1. The van der Waals surface area contributed by atoms with Crippen LogP contribution in [0.2, 0.25) is 0 Å². The van der Waals surface area contributed by atoms with Crippen molar-refractivity contribution in [1.29, 1.82) is 0 Å². The molecule has 2 unspecified atom stereocenters. The molecule has 1 amide bonds. The van der Waals surface area contributed by atoms with Gasteiger partial charge in [-0.15, -0.1) is 11.3 Å². The van der Waals surface area contributed by atoms with Gasteiger partial charge in [0, 0.05) is 23.7 Å². The maximum Gasteiger partial charge on any atom is 0.246 e. The van der Waals surface area contributed by atoms with Crippen molar-refractivity contribution in [1.82, 2.24) is 9.88 Å². The van der Waals surface area contributed by atoms with E-state index in [2.05, 4.69) is 9.88 Å². The molecular weight excluding hydrogens is 414 g/mol. The Balaban J connectivity index is 1.18. The van der Waals surface area contributed by atoms with E-state index < -0.39 is 12.0 Å². The number of fused-ring (bicyclic) bond motifs is 4. The van der Waals surface area contributed by atoms with E-state index >= 15 is 0 Å². The zero-order chi connectivity index (χ0) is 21.1. The average molecular weight is 444 g/mol. The van der Waals surface area contributed by atoms with E-state index in [-0.39, 0.29) is 12.0 Å². The molecule has 4 atom stereocenters. The van der Waals surface area contributed by atoms with Gasteiger partial charge in [-0.05, 0) is 62.5 Å². The lowest BCUT2D eigenvalue weighted by Crippen LogP contribution is -2.73. The second-order valence-corrected chi connectivity index (χ2v) is 10.6. The highest BCUT2D eigenvalue weighted by Crippen LogP contribution is 2.48. The van der Waals surface area contributed by atoms with Crippen LogP contribution in [0.5, 0.6) is 5.75 Å². The molecule has 7 nitrogen and oxygen atoms in total. The lowest BCUT2D eigenvalue weighted by molar-refractivity contribution is -0.230. The second kappa shape index (κ2) is 7.69. The van der Waals surface area contributed by atoms with Crippen molar-refractivity contribution in [2.75, 3.05) is 13.2 Å². The number of morpholine rings is 1. The summed E-state index contributed by atoms with van der Waals surface area (Å²) in [6, 6.07) is 3.32.